The number of benzene rings is 2. The number of amides is 2. The van der Waals surface area contributed by atoms with Crippen molar-refractivity contribution in [2.75, 3.05) is 18.5 Å². The van der Waals surface area contributed by atoms with Gasteiger partial charge in [-0.2, -0.15) is 5.26 Å². The maximum Gasteiger partial charge on any atom is 0.319 e. The van der Waals surface area contributed by atoms with Crippen molar-refractivity contribution in [2.45, 2.75) is 13.3 Å². The number of urea groups is 1. The molecule has 0 bridgehead atoms. The highest BCUT2D eigenvalue weighted by atomic mass is 16.5. The Morgan fingerprint density at radius 3 is 2.83 bits per heavy atom. The summed E-state index contributed by atoms with van der Waals surface area (Å²) in [5, 5.41) is 14.2. The molecule has 0 heterocycles. The summed E-state index contributed by atoms with van der Waals surface area (Å²) >= 11 is 0. The summed E-state index contributed by atoms with van der Waals surface area (Å²) in [7, 11) is 0. The van der Waals surface area contributed by atoms with Gasteiger partial charge in [0.1, 0.15) is 12.4 Å². The summed E-state index contributed by atoms with van der Waals surface area (Å²) in [6.07, 6.45) is 0.902. The molecule has 0 unspecified atom stereocenters. The van der Waals surface area contributed by atoms with Crippen LogP contribution in [0.25, 0.3) is 0 Å². The van der Waals surface area contributed by atoms with E-state index in [2.05, 4.69) is 17.6 Å². The molecule has 0 aliphatic rings. The smallest absolute Gasteiger partial charge is 0.319 e. The molecule has 0 radical (unpaired) electrons. The van der Waals surface area contributed by atoms with Crippen molar-refractivity contribution < 1.29 is 9.53 Å². The molecule has 118 valence electrons. The number of hydrogen-bond donors (Lipinski definition) is 2. The number of ether oxygens (including phenoxy) is 1. The Labute approximate surface area is 135 Å². The van der Waals surface area contributed by atoms with Crippen LogP contribution in [0, 0.1) is 11.3 Å². The highest BCUT2D eigenvalue weighted by molar-refractivity contribution is 5.89. The molecule has 2 amide bonds. The van der Waals surface area contributed by atoms with Gasteiger partial charge in [0.2, 0.25) is 0 Å². The van der Waals surface area contributed by atoms with Crippen LogP contribution >= 0.6 is 0 Å². The van der Waals surface area contributed by atoms with Crippen LogP contribution in [0.2, 0.25) is 0 Å². The average molecular weight is 309 g/mol. The van der Waals surface area contributed by atoms with Crippen molar-refractivity contribution in [2.24, 2.45) is 0 Å². The summed E-state index contributed by atoms with van der Waals surface area (Å²) in [6, 6.07) is 16.3. The summed E-state index contributed by atoms with van der Waals surface area (Å²) in [5.74, 6) is 0.846. The minimum Gasteiger partial charge on any atom is -0.491 e. The van der Waals surface area contributed by atoms with Gasteiger partial charge in [-0.3, -0.25) is 0 Å². The van der Waals surface area contributed by atoms with Crippen LogP contribution < -0.4 is 15.4 Å². The molecule has 0 saturated heterocycles. The summed E-state index contributed by atoms with van der Waals surface area (Å²) in [6.45, 7) is 2.85. The number of aryl methyl sites for hydroxylation is 1. The lowest BCUT2D eigenvalue weighted by atomic mass is 10.1. The Bertz CT molecular complexity index is 707. The fourth-order valence-electron chi connectivity index (χ4n) is 2.10. The van der Waals surface area contributed by atoms with Crippen LogP contribution in [0.3, 0.4) is 0 Å². The molecule has 0 saturated carbocycles. The molecule has 0 spiro atoms. The maximum absolute atomic E-state index is 11.8. The van der Waals surface area contributed by atoms with Crippen LogP contribution in [0.1, 0.15) is 18.1 Å². The SMILES string of the molecule is CCc1ccccc1OCCNC(=O)Nc1cccc(C#N)c1. The lowest BCUT2D eigenvalue weighted by Crippen LogP contribution is -2.32. The predicted octanol–water partition coefficient (Wildman–Crippen LogP) is 3.32. The molecule has 2 aromatic carbocycles. The number of para-hydroxylation sites is 1. The second-order valence-corrected chi connectivity index (χ2v) is 4.88. The van der Waals surface area contributed by atoms with Gasteiger partial charge in [0.05, 0.1) is 18.2 Å². The zero-order valence-electron chi connectivity index (χ0n) is 13.0. The van der Waals surface area contributed by atoms with E-state index in [1.165, 1.54) is 0 Å². The van der Waals surface area contributed by atoms with E-state index < -0.39 is 0 Å². The number of rotatable bonds is 6. The standard InChI is InChI=1S/C18H19N3O2/c1-2-15-7-3-4-9-17(15)23-11-10-20-18(22)21-16-8-5-6-14(12-16)13-19/h3-9,12H,2,10-11H2,1H3,(H2,20,21,22). The molecule has 0 aliphatic carbocycles. The third-order valence-corrected chi connectivity index (χ3v) is 3.25. The van der Waals surface area contributed by atoms with E-state index in [1.54, 1.807) is 24.3 Å². The number of nitriles is 1. The highest BCUT2D eigenvalue weighted by Gasteiger charge is 2.03. The zero-order valence-corrected chi connectivity index (χ0v) is 13.0. The van der Waals surface area contributed by atoms with Crippen molar-refractivity contribution in [3.05, 3.63) is 59.7 Å². The summed E-state index contributed by atoms with van der Waals surface area (Å²) < 4.78 is 5.68. The maximum atomic E-state index is 11.8. The van der Waals surface area contributed by atoms with E-state index in [-0.39, 0.29) is 6.03 Å². The van der Waals surface area contributed by atoms with Gasteiger partial charge in [-0.05, 0) is 36.2 Å². The largest absolute Gasteiger partial charge is 0.491 e. The van der Waals surface area contributed by atoms with Crippen LogP contribution in [0.5, 0.6) is 5.75 Å². The predicted molar refractivity (Wildman–Crippen MR) is 89.5 cm³/mol. The molecule has 23 heavy (non-hydrogen) atoms. The van der Waals surface area contributed by atoms with Gasteiger partial charge in [0, 0.05) is 5.69 Å². The lowest BCUT2D eigenvalue weighted by molar-refractivity contribution is 0.247. The van der Waals surface area contributed by atoms with E-state index in [1.807, 2.05) is 30.3 Å². The topological polar surface area (TPSA) is 74.2 Å². The third-order valence-electron chi connectivity index (χ3n) is 3.25. The number of hydrogen-bond acceptors (Lipinski definition) is 3. The molecule has 2 rings (SSSR count). The van der Waals surface area contributed by atoms with Gasteiger partial charge in [-0.15, -0.1) is 0 Å². The first-order valence-corrected chi connectivity index (χ1v) is 7.48. The van der Waals surface area contributed by atoms with Crippen LogP contribution in [0.15, 0.2) is 48.5 Å². The van der Waals surface area contributed by atoms with Gasteiger partial charge < -0.3 is 15.4 Å². The lowest BCUT2D eigenvalue weighted by Gasteiger charge is -2.11. The molecule has 0 aromatic heterocycles. The van der Waals surface area contributed by atoms with Crippen molar-refractivity contribution in [3.63, 3.8) is 0 Å². The van der Waals surface area contributed by atoms with Gasteiger partial charge in [0.25, 0.3) is 0 Å². The molecule has 0 aliphatic heterocycles. The van der Waals surface area contributed by atoms with Gasteiger partial charge in [0.15, 0.2) is 0 Å². The van der Waals surface area contributed by atoms with Crippen molar-refractivity contribution in [1.82, 2.24) is 5.32 Å². The van der Waals surface area contributed by atoms with Crippen molar-refractivity contribution in [1.29, 1.82) is 5.26 Å². The minimum atomic E-state index is -0.326. The van der Waals surface area contributed by atoms with Gasteiger partial charge >= 0.3 is 6.03 Å². The minimum absolute atomic E-state index is 0.326. The quantitative estimate of drug-likeness (QED) is 0.804. The van der Waals surface area contributed by atoms with Crippen molar-refractivity contribution >= 4 is 11.7 Å². The molecular weight excluding hydrogens is 290 g/mol. The number of carbonyl (C=O) groups is 1. The Hall–Kier alpha value is -3.00. The first kappa shape index (κ1) is 16.4. The number of nitrogens with zero attached hydrogens (tertiary/aromatic N) is 1. The van der Waals surface area contributed by atoms with E-state index in [0.29, 0.717) is 24.4 Å². The molecule has 0 atom stereocenters. The Morgan fingerprint density at radius 1 is 1.22 bits per heavy atom. The second kappa shape index (κ2) is 8.44. The van der Waals surface area contributed by atoms with E-state index >= 15 is 0 Å². The van der Waals surface area contributed by atoms with Crippen LogP contribution in [-0.4, -0.2) is 19.2 Å². The van der Waals surface area contributed by atoms with Gasteiger partial charge in [-0.1, -0.05) is 31.2 Å². The normalized spacial score (nSPS) is 9.74. The second-order valence-electron chi connectivity index (χ2n) is 4.88. The van der Waals surface area contributed by atoms with Crippen LogP contribution in [-0.2, 0) is 6.42 Å². The fourth-order valence-corrected chi connectivity index (χ4v) is 2.10. The van der Waals surface area contributed by atoms with Crippen LogP contribution in [0.4, 0.5) is 10.5 Å². The number of carbonyl (C=O) groups excluding carboxylic acids is 1. The Morgan fingerprint density at radius 2 is 2.04 bits per heavy atom. The summed E-state index contributed by atoms with van der Waals surface area (Å²) in [4.78, 5) is 11.8. The molecule has 5 heteroatoms. The first-order valence-electron chi connectivity index (χ1n) is 7.48. The molecular formula is C18H19N3O2. The Kier molecular flexibility index (Phi) is 6.01. The van der Waals surface area contributed by atoms with Gasteiger partial charge in [-0.25, -0.2) is 4.79 Å². The fraction of sp³-hybridized carbons (Fsp3) is 0.222. The highest BCUT2D eigenvalue weighted by Crippen LogP contribution is 2.17. The molecule has 2 aromatic rings. The van der Waals surface area contributed by atoms with E-state index in [4.69, 9.17) is 10.00 Å². The van der Waals surface area contributed by atoms with Crippen molar-refractivity contribution in [3.8, 4) is 11.8 Å². The summed E-state index contributed by atoms with van der Waals surface area (Å²) in [5.41, 5.74) is 2.23. The Balaban J connectivity index is 1.75. The number of anilines is 1. The molecule has 0 fully saturated rings. The zero-order chi connectivity index (χ0) is 16.5. The van der Waals surface area contributed by atoms with E-state index in [9.17, 15) is 4.79 Å². The first-order chi connectivity index (χ1) is 11.2. The van der Waals surface area contributed by atoms with E-state index in [0.717, 1.165) is 17.7 Å². The average Bonchev–Trinajstić information content (AvgIpc) is 2.59. The number of nitrogens with one attached hydrogen (secondary N) is 2. The molecule has 5 nitrogen and oxygen atoms in total. The monoisotopic (exact) mass is 309 g/mol. The molecule has 2 N–H and O–H groups in total. The third kappa shape index (κ3) is 5.04.